The Hall–Kier alpha value is -3.22. The molecule has 7 heteroatoms. The largest absolute Gasteiger partial charge is 0.497 e. The van der Waals surface area contributed by atoms with Gasteiger partial charge in [0.15, 0.2) is 6.61 Å². The van der Waals surface area contributed by atoms with E-state index in [4.69, 9.17) is 19.0 Å². The van der Waals surface area contributed by atoms with Crippen LogP contribution in [0.5, 0.6) is 17.2 Å². The van der Waals surface area contributed by atoms with E-state index in [1.54, 1.807) is 45.6 Å². The van der Waals surface area contributed by atoms with Gasteiger partial charge >= 0.3 is 0 Å². The lowest BCUT2D eigenvalue weighted by Crippen LogP contribution is -2.17. The highest BCUT2D eigenvalue weighted by atomic mass is 16.6. The first-order valence-corrected chi connectivity index (χ1v) is 7.89. The van der Waals surface area contributed by atoms with Gasteiger partial charge in [-0.2, -0.15) is 0 Å². The normalized spacial score (nSPS) is 10.5. The Morgan fingerprint density at radius 1 is 1.04 bits per heavy atom. The number of amides is 1. The summed E-state index contributed by atoms with van der Waals surface area (Å²) in [5, 5.41) is 6.55. The summed E-state index contributed by atoms with van der Waals surface area (Å²) in [4.78, 5) is 17.1. The molecule has 0 spiro atoms. The molecule has 26 heavy (non-hydrogen) atoms. The molecule has 0 atom stereocenters. The SMILES string of the molecule is COc1ccc(OC)c(/C=N/OCC(=O)Nc2cc(C)ccc2OC)c1. The minimum atomic E-state index is -0.344. The fraction of sp³-hybridized carbons (Fsp3) is 0.263. The van der Waals surface area contributed by atoms with Crippen LogP contribution in [-0.4, -0.2) is 40.1 Å². The van der Waals surface area contributed by atoms with Crippen LogP contribution in [0, 0.1) is 6.92 Å². The Labute approximate surface area is 152 Å². The van der Waals surface area contributed by atoms with Gasteiger partial charge in [-0.3, -0.25) is 4.79 Å². The number of oxime groups is 1. The number of nitrogens with zero attached hydrogens (tertiary/aromatic N) is 1. The van der Waals surface area contributed by atoms with Crippen molar-refractivity contribution >= 4 is 17.8 Å². The second-order valence-corrected chi connectivity index (χ2v) is 5.37. The van der Waals surface area contributed by atoms with Crippen molar-refractivity contribution in [1.82, 2.24) is 0 Å². The summed E-state index contributed by atoms with van der Waals surface area (Å²) in [7, 11) is 4.68. The highest BCUT2D eigenvalue weighted by molar-refractivity contribution is 5.93. The number of ether oxygens (including phenoxy) is 3. The monoisotopic (exact) mass is 358 g/mol. The predicted octanol–water partition coefficient (Wildman–Crippen LogP) is 3.01. The molecule has 0 aliphatic heterocycles. The first kappa shape index (κ1) is 19.1. The fourth-order valence-electron chi connectivity index (χ4n) is 2.24. The molecule has 2 aromatic rings. The average molecular weight is 358 g/mol. The van der Waals surface area contributed by atoms with Crippen LogP contribution in [0.25, 0.3) is 0 Å². The van der Waals surface area contributed by atoms with Gasteiger partial charge in [0.1, 0.15) is 17.2 Å². The molecule has 0 unspecified atom stereocenters. The highest BCUT2D eigenvalue weighted by Crippen LogP contribution is 2.25. The maximum absolute atomic E-state index is 12.0. The van der Waals surface area contributed by atoms with E-state index in [0.717, 1.165) is 5.56 Å². The summed E-state index contributed by atoms with van der Waals surface area (Å²) >= 11 is 0. The molecule has 0 fully saturated rings. The van der Waals surface area contributed by atoms with Gasteiger partial charge in [0.05, 0.1) is 33.2 Å². The van der Waals surface area contributed by atoms with E-state index < -0.39 is 0 Å². The summed E-state index contributed by atoms with van der Waals surface area (Å²) in [6, 6.07) is 10.8. The third-order valence-corrected chi connectivity index (χ3v) is 3.53. The summed E-state index contributed by atoms with van der Waals surface area (Å²) in [5.41, 5.74) is 2.26. The van der Waals surface area contributed by atoms with E-state index in [0.29, 0.717) is 28.5 Å². The molecule has 0 aromatic heterocycles. The van der Waals surface area contributed by atoms with E-state index in [1.165, 1.54) is 6.21 Å². The third-order valence-electron chi connectivity index (χ3n) is 3.53. The molecule has 1 N–H and O–H groups in total. The van der Waals surface area contributed by atoms with Crippen LogP contribution in [0.1, 0.15) is 11.1 Å². The predicted molar refractivity (Wildman–Crippen MR) is 99.5 cm³/mol. The van der Waals surface area contributed by atoms with E-state index >= 15 is 0 Å². The zero-order valence-electron chi connectivity index (χ0n) is 15.2. The van der Waals surface area contributed by atoms with Crippen molar-refractivity contribution in [2.24, 2.45) is 5.16 Å². The number of carbonyl (C=O) groups excluding carboxylic acids is 1. The van der Waals surface area contributed by atoms with Gasteiger partial charge in [-0.05, 0) is 42.8 Å². The number of nitrogens with one attached hydrogen (secondary N) is 1. The third kappa shape index (κ3) is 5.14. The van der Waals surface area contributed by atoms with Crippen LogP contribution < -0.4 is 19.5 Å². The smallest absolute Gasteiger partial charge is 0.265 e. The molecular formula is C19H22N2O5. The summed E-state index contributed by atoms with van der Waals surface area (Å²) in [6.07, 6.45) is 1.46. The number of carbonyl (C=O) groups is 1. The molecule has 138 valence electrons. The number of aryl methyl sites for hydroxylation is 1. The molecule has 0 radical (unpaired) electrons. The molecule has 2 rings (SSSR count). The summed E-state index contributed by atoms with van der Waals surface area (Å²) in [5.74, 6) is 1.51. The van der Waals surface area contributed by atoms with Crippen LogP contribution in [-0.2, 0) is 9.63 Å². The van der Waals surface area contributed by atoms with Gasteiger partial charge in [0, 0.05) is 5.56 Å². The van der Waals surface area contributed by atoms with Crippen LogP contribution in [0.2, 0.25) is 0 Å². The lowest BCUT2D eigenvalue weighted by molar-refractivity contribution is -0.120. The van der Waals surface area contributed by atoms with Crippen molar-refractivity contribution in [3.8, 4) is 17.2 Å². The van der Waals surface area contributed by atoms with Gasteiger partial charge in [-0.1, -0.05) is 11.2 Å². The molecule has 0 aliphatic carbocycles. The first-order valence-electron chi connectivity index (χ1n) is 7.89. The Balaban J connectivity index is 1.94. The molecule has 0 bridgehead atoms. The van der Waals surface area contributed by atoms with E-state index in [-0.39, 0.29) is 12.5 Å². The van der Waals surface area contributed by atoms with Gasteiger partial charge in [0.2, 0.25) is 0 Å². The van der Waals surface area contributed by atoms with Crippen molar-refractivity contribution in [1.29, 1.82) is 0 Å². The molecule has 1 amide bonds. The van der Waals surface area contributed by atoms with Gasteiger partial charge in [0.25, 0.3) is 5.91 Å². The Kier molecular flexibility index (Phi) is 6.84. The molecule has 0 saturated carbocycles. The highest BCUT2D eigenvalue weighted by Gasteiger charge is 2.08. The molecule has 0 heterocycles. The van der Waals surface area contributed by atoms with E-state index in [1.807, 2.05) is 19.1 Å². The standard InChI is InChI=1S/C19H22N2O5/c1-13-5-7-18(25-4)16(9-13)21-19(22)12-26-20-11-14-10-15(23-2)6-8-17(14)24-3/h5-11H,12H2,1-4H3,(H,21,22)/b20-11+. The zero-order valence-corrected chi connectivity index (χ0v) is 15.2. The van der Waals surface area contributed by atoms with E-state index in [9.17, 15) is 4.79 Å². The number of hydrogen-bond donors (Lipinski definition) is 1. The van der Waals surface area contributed by atoms with Crippen LogP contribution in [0.15, 0.2) is 41.6 Å². The van der Waals surface area contributed by atoms with Crippen LogP contribution in [0.4, 0.5) is 5.69 Å². The molecular weight excluding hydrogens is 336 g/mol. The van der Waals surface area contributed by atoms with Gasteiger partial charge in [-0.25, -0.2) is 0 Å². The van der Waals surface area contributed by atoms with Crippen molar-refractivity contribution in [2.45, 2.75) is 6.92 Å². The van der Waals surface area contributed by atoms with Crippen LogP contribution in [0.3, 0.4) is 0 Å². The number of anilines is 1. The first-order chi connectivity index (χ1) is 12.6. The lowest BCUT2D eigenvalue weighted by atomic mass is 10.2. The Bertz CT molecular complexity index is 789. The zero-order chi connectivity index (χ0) is 18.9. The topological polar surface area (TPSA) is 78.4 Å². The molecule has 7 nitrogen and oxygen atoms in total. The van der Waals surface area contributed by atoms with Gasteiger partial charge < -0.3 is 24.4 Å². The minimum absolute atomic E-state index is 0.236. The number of rotatable bonds is 8. The maximum Gasteiger partial charge on any atom is 0.265 e. The van der Waals surface area contributed by atoms with Crippen molar-refractivity contribution in [3.05, 3.63) is 47.5 Å². The number of benzene rings is 2. The lowest BCUT2D eigenvalue weighted by Gasteiger charge is -2.10. The fourth-order valence-corrected chi connectivity index (χ4v) is 2.24. The number of methoxy groups -OCH3 is 3. The number of hydrogen-bond acceptors (Lipinski definition) is 6. The van der Waals surface area contributed by atoms with Crippen LogP contribution >= 0.6 is 0 Å². The summed E-state index contributed by atoms with van der Waals surface area (Å²) in [6.45, 7) is 1.69. The second kappa shape index (κ2) is 9.31. The van der Waals surface area contributed by atoms with Crippen molar-refractivity contribution < 1.29 is 23.8 Å². The summed E-state index contributed by atoms with van der Waals surface area (Å²) < 4.78 is 15.6. The average Bonchev–Trinajstić information content (AvgIpc) is 2.65. The molecule has 0 saturated heterocycles. The minimum Gasteiger partial charge on any atom is -0.497 e. The Morgan fingerprint density at radius 3 is 2.46 bits per heavy atom. The quantitative estimate of drug-likeness (QED) is 0.580. The van der Waals surface area contributed by atoms with E-state index in [2.05, 4.69) is 10.5 Å². The maximum atomic E-state index is 12.0. The molecule has 2 aromatic carbocycles. The van der Waals surface area contributed by atoms with Crippen molar-refractivity contribution in [3.63, 3.8) is 0 Å². The Morgan fingerprint density at radius 2 is 1.77 bits per heavy atom. The molecule has 0 aliphatic rings. The second-order valence-electron chi connectivity index (χ2n) is 5.37. The van der Waals surface area contributed by atoms with Gasteiger partial charge in [-0.15, -0.1) is 0 Å². The van der Waals surface area contributed by atoms with Crippen molar-refractivity contribution in [2.75, 3.05) is 33.3 Å².